The summed E-state index contributed by atoms with van der Waals surface area (Å²) in [5.41, 5.74) is 0. The Labute approximate surface area is 161 Å². The van der Waals surface area contributed by atoms with Crippen molar-refractivity contribution >= 4 is 5.97 Å². The van der Waals surface area contributed by atoms with Crippen molar-refractivity contribution in [1.29, 1.82) is 0 Å². The maximum Gasteiger partial charge on any atom is 0.305 e. The molecule has 5 heteroatoms. The van der Waals surface area contributed by atoms with Crippen molar-refractivity contribution in [2.45, 2.75) is 84.5 Å². The zero-order valence-electron chi connectivity index (χ0n) is 17.3. The van der Waals surface area contributed by atoms with E-state index in [1.165, 1.54) is 44.9 Å². The molecule has 0 spiro atoms. The fourth-order valence-electron chi connectivity index (χ4n) is 2.51. The highest BCUT2D eigenvalue weighted by atomic mass is 16.6. The number of ether oxygens (including phenoxy) is 4. The first-order valence-electron chi connectivity index (χ1n) is 10.7. The minimum Gasteiger partial charge on any atom is -0.463 e. The van der Waals surface area contributed by atoms with E-state index in [9.17, 15) is 4.79 Å². The Morgan fingerprint density at radius 3 is 1.62 bits per heavy atom. The van der Waals surface area contributed by atoms with E-state index < -0.39 is 0 Å². The highest BCUT2D eigenvalue weighted by molar-refractivity contribution is 5.69. The van der Waals surface area contributed by atoms with Gasteiger partial charge in [-0.05, 0) is 12.8 Å². The molecule has 0 unspecified atom stereocenters. The van der Waals surface area contributed by atoms with Crippen LogP contribution in [0.3, 0.4) is 0 Å². The van der Waals surface area contributed by atoms with Crippen molar-refractivity contribution in [2.24, 2.45) is 0 Å². The Morgan fingerprint density at radius 2 is 1.00 bits per heavy atom. The minimum absolute atomic E-state index is 0.122. The summed E-state index contributed by atoms with van der Waals surface area (Å²) in [6, 6.07) is 0. The number of esters is 1. The molecule has 5 nitrogen and oxygen atoms in total. The Hall–Kier alpha value is -0.650. The van der Waals surface area contributed by atoms with Crippen LogP contribution in [0.15, 0.2) is 0 Å². The molecule has 0 rings (SSSR count). The molecule has 0 amide bonds. The Bertz CT molecular complexity index is 284. The van der Waals surface area contributed by atoms with Crippen molar-refractivity contribution in [2.75, 3.05) is 46.2 Å². The maximum absolute atomic E-state index is 11.4. The first kappa shape index (κ1) is 25.4. The van der Waals surface area contributed by atoms with E-state index in [-0.39, 0.29) is 5.97 Å². The normalized spacial score (nSPS) is 11.0. The second-order valence-corrected chi connectivity index (χ2v) is 6.64. The summed E-state index contributed by atoms with van der Waals surface area (Å²) < 4.78 is 21.5. The van der Waals surface area contributed by atoms with Crippen molar-refractivity contribution in [3.05, 3.63) is 0 Å². The second kappa shape index (κ2) is 22.4. The summed E-state index contributed by atoms with van der Waals surface area (Å²) in [6.45, 7) is 8.29. The van der Waals surface area contributed by atoms with E-state index in [1.807, 2.05) is 0 Å². The quantitative estimate of drug-likeness (QED) is 0.211. The van der Waals surface area contributed by atoms with Crippen LogP contribution in [-0.2, 0) is 23.7 Å². The van der Waals surface area contributed by atoms with E-state index in [0.29, 0.717) is 46.1 Å². The van der Waals surface area contributed by atoms with Gasteiger partial charge in [-0.3, -0.25) is 4.79 Å². The van der Waals surface area contributed by atoms with Gasteiger partial charge in [-0.2, -0.15) is 0 Å². The zero-order chi connectivity index (χ0) is 19.1. The van der Waals surface area contributed by atoms with Gasteiger partial charge in [0.2, 0.25) is 0 Å². The van der Waals surface area contributed by atoms with Gasteiger partial charge in [-0.1, -0.05) is 65.2 Å². The van der Waals surface area contributed by atoms with Crippen molar-refractivity contribution < 1.29 is 23.7 Å². The molecule has 0 aromatic rings. The first-order valence-corrected chi connectivity index (χ1v) is 10.7. The van der Waals surface area contributed by atoms with Crippen LogP contribution in [0, 0.1) is 0 Å². The van der Waals surface area contributed by atoms with Gasteiger partial charge in [0.1, 0.15) is 6.61 Å². The Morgan fingerprint density at radius 1 is 0.538 bits per heavy atom. The predicted molar refractivity (Wildman–Crippen MR) is 106 cm³/mol. The molecule has 0 aliphatic carbocycles. The number of carbonyl (C=O) groups is 1. The SMILES string of the molecule is CCCCCCCCOCCOCCOCCOC(=O)CCCCCC. The van der Waals surface area contributed by atoms with Crippen LogP contribution in [-0.4, -0.2) is 52.2 Å². The summed E-state index contributed by atoms with van der Waals surface area (Å²) >= 11 is 0. The largest absolute Gasteiger partial charge is 0.463 e. The highest BCUT2D eigenvalue weighted by Gasteiger charge is 2.02. The van der Waals surface area contributed by atoms with Crippen LogP contribution in [0.2, 0.25) is 0 Å². The summed E-state index contributed by atoms with van der Waals surface area (Å²) in [4.78, 5) is 11.4. The third-order valence-corrected chi connectivity index (χ3v) is 4.11. The van der Waals surface area contributed by atoms with Crippen molar-refractivity contribution in [3.63, 3.8) is 0 Å². The summed E-state index contributed by atoms with van der Waals surface area (Å²) in [5.74, 6) is -0.122. The molecule has 0 atom stereocenters. The van der Waals surface area contributed by atoms with Gasteiger partial charge in [-0.15, -0.1) is 0 Å². The highest BCUT2D eigenvalue weighted by Crippen LogP contribution is 2.05. The third-order valence-electron chi connectivity index (χ3n) is 4.11. The molecule has 0 aromatic carbocycles. The van der Waals surface area contributed by atoms with Gasteiger partial charge in [0, 0.05) is 13.0 Å². The molecule has 0 radical (unpaired) electrons. The monoisotopic (exact) mass is 374 g/mol. The van der Waals surface area contributed by atoms with Crippen LogP contribution >= 0.6 is 0 Å². The lowest BCUT2D eigenvalue weighted by Gasteiger charge is -2.08. The van der Waals surface area contributed by atoms with Crippen LogP contribution < -0.4 is 0 Å². The number of carbonyl (C=O) groups excluding carboxylic acids is 1. The molecule has 0 saturated heterocycles. The molecule has 0 aliphatic rings. The summed E-state index contributed by atoms with van der Waals surface area (Å²) in [7, 11) is 0. The third kappa shape index (κ3) is 21.4. The molecule has 0 bridgehead atoms. The van der Waals surface area contributed by atoms with Gasteiger partial charge in [0.25, 0.3) is 0 Å². The molecule has 0 heterocycles. The average molecular weight is 375 g/mol. The lowest BCUT2D eigenvalue weighted by molar-refractivity contribution is -0.145. The molecular weight excluding hydrogens is 332 g/mol. The topological polar surface area (TPSA) is 54.0 Å². The van der Waals surface area contributed by atoms with Gasteiger partial charge in [0.15, 0.2) is 0 Å². The average Bonchev–Trinajstić information content (AvgIpc) is 2.65. The van der Waals surface area contributed by atoms with Crippen molar-refractivity contribution in [3.8, 4) is 0 Å². The number of rotatable bonds is 21. The fourth-order valence-corrected chi connectivity index (χ4v) is 2.51. The first-order chi connectivity index (χ1) is 12.8. The number of hydrogen-bond donors (Lipinski definition) is 0. The predicted octanol–water partition coefficient (Wildman–Crippen LogP) is 4.91. The van der Waals surface area contributed by atoms with Gasteiger partial charge in [-0.25, -0.2) is 0 Å². The van der Waals surface area contributed by atoms with Crippen LogP contribution in [0.25, 0.3) is 0 Å². The lowest BCUT2D eigenvalue weighted by Crippen LogP contribution is -2.14. The fraction of sp³-hybridized carbons (Fsp3) is 0.952. The molecular formula is C21H42O5. The summed E-state index contributed by atoms with van der Waals surface area (Å²) in [5, 5.41) is 0. The molecule has 0 N–H and O–H groups in total. The molecule has 0 saturated carbocycles. The van der Waals surface area contributed by atoms with Crippen LogP contribution in [0.1, 0.15) is 84.5 Å². The Kier molecular flexibility index (Phi) is 21.8. The van der Waals surface area contributed by atoms with Gasteiger partial charge in [0.05, 0.1) is 33.0 Å². The molecule has 0 aromatic heterocycles. The van der Waals surface area contributed by atoms with E-state index in [0.717, 1.165) is 25.9 Å². The van der Waals surface area contributed by atoms with E-state index >= 15 is 0 Å². The standard InChI is InChI=1S/C21H42O5/c1-3-5-7-9-10-12-14-23-15-16-24-17-18-25-19-20-26-21(22)13-11-8-6-4-2/h3-20H2,1-2H3. The van der Waals surface area contributed by atoms with Crippen LogP contribution in [0.5, 0.6) is 0 Å². The minimum atomic E-state index is -0.122. The Balaban J connectivity index is 3.07. The number of unbranched alkanes of at least 4 members (excludes halogenated alkanes) is 8. The van der Waals surface area contributed by atoms with Gasteiger partial charge < -0.3 is 18.9 Å². The lowest BCUT2D eigenvalue weighted by atomic mass is 10.1. The van der Waals surface area contributed by atoms with E-state index in [1.54, 1.807) is 0 Å². The molecule has 26 heavy (non-hydrogen) atoms. The molecule has 0 aliphatic heterocycles. The molecule has 156 valence electrons. The van der Waals surface area contributed by atoms with Gasteiger partial charge >= 0.3 is 5.97 Å². The second-order valence-electron chi connectivity index (χ2n) is 6.64. The smallest absolute Gasteiger partial charge is 0.305 e. The van der Waals surface area contributed by atoms with E-state index in [4.69, 9.17) is 18.9 Å². The summed E-state index contributed by atoms with van der Waals surface area (Å²) in [6.07, 6.45) is 12.6. The number of hydrogen-bond acceptors (Lipinski definition) is 5. The van der Waals surface area contributed by atoms with E-state index in [2.05, 4.69) is 13.8 Å². The zero-order valence-corrected chi connectivity index (χ0v) is 17.3. The maximum atomic E-state index is 11.4. The molecule has 0 fully saturated rings. The van der Waals surface area contributed by atoms with Crippen molar-refractivity contribution in [1.82, 2.24) is 0 Å². The van der Waals surface area contributed by atoms with Crippen LogP contribution in [0.4, 0.5) is 0 Å².